The first-order chi connectivity index (χ1) is 18.7. The third kappa shape index (κ3) is 5.16. The van der Waals surface area contributed by atoms with E-state index in [0.717, 1.165) is 83.0 Å². The van der Waals surface area contributed by atoms with Crippen LogP contribution in [0.5, 0.6) is 0 Å². The molecule has 2 aromatic heterocycles. The third-order valence-corrected chi connectivity index (χ3v) is 8.41. The lowest BCUT2D eigenvalue weighted by Crippen LogP contribution is -2.16. The van der Waals surface area contributed by atoms with Crippen molar-refractivity contribution in [1.29, 1.82) is 0 Å². The molecule has 0 radical (unpaired) electrons. The van der Waals surface area contributed by atoms with Crippen LogP contribution in [0.4, 0.5) is 11.5 Å². The lowest BCUT2D eigenvalue weighted by molar-refractivity contribution is 0.584. The molecule has 0 aliphatic heterocycles. The molecule has 0 fully saturated rings. The van der Waals surface area contributed by atoms with Crippen molar-refractivity contribution < 1.29 is 8.42 Å². The van der Waals surface area contributed by atoms with Gasteiger partial charge in [0.25, 0.3) is 0 Å². The average Bonchev–Trinajstić information content (AvgIpc) is 3.27. The molecule has 8 nitrogen and oxygen atoms in total. The number of anilines is 2. The number of primary sulfonamides is 1. The number of fused-ring (bicyclic) bond motifs is 4. The van der Waals surface area contributed by atoms with E-state index < -0.39 is 10.0 Å². The standard InChI is InChI=1S/C30H36N6O2S/c1-4-5-16-26-34-27-28(23-12-6-7-14-24(23)33-30(27)31)36(26)19-9-8-11-20-17-18-21-22(29(20)39(32,37)38)13-10-15-25(21)35(2)3/h6-7,10,12-15,17-18H,4-5,8-9,11,16,19H2,1-3H3,(H2,31,33)(H2,32,37,38). The zero-order valence-corrected chi connectivity index (χ0v) is 23.6. The maximum atomic E-state index is 12.8. The number of aryl methyl sites for hydroxylation is 3. The highest BCUT2D eigenvalue weighted by molar-refractivity contribution is 7.89. The second-order valence-corrected chi connectivity index (χ2v) is 11.8. The van der Waals surface area contributed by atoms with Gasteiger partial charge in [0.1, 0.15) is 11.3 Å². The highest BCUT2D eigenvalue weighted by atomic mass is 32.2. The lowest BCUT2D eigenvalue weighted by atomic mass is 10.0. The molecule has 0 bridgehead atoms. The van der Waals surface area contributed by atoms with E-state index in [1.54, 1.807) is 0 Å². The molecule has 204 valence electrons. The Hall–Kier alpha value is -3.69. The van der Waals surface area contributed by atoms with E-state index in [-0.39, 0.29) is 4.90 Å². The molecule has 0 amide bonds. The van der Waals surface area contributed by atoms with E-state index in [2.05, 4.69) is 22.5 Å². The molecule has 9 heteroatoms. The predicted molar refractivity (Wildman–Crippen MR) is 161 cm³/mol. The molecular formula is C30H36N6O2S. The van der Waals surface area contributed by atoms with E-state index >= 15 is 0 Å². The number of nitrogen functional groups attached to an aromatic ring is 1. The Morgan fingerprint density at radius 2 is 1.64 bits per heavy atom. The minimum Gasteiger partial charge on any atom is -0.382 e. The van der Waals surface area contributed by atoms with Crippen LogP contribution < -0.4 is 15.8 Å². The van der Waals surface area contributed by atoms with E-state index in [9.17, 15) is 8.42 Å². The Labute approximate surface area is 229 Å². The highest BCUT2D eigenvalue weighted by Crippen LogP contribution is 2.33. The number of hydrogen-bond acceptors (Lipinski definition) is 6. The van der Waals surface area contributed by atoms with Gasteiger partial charge >= 0.3 is 0 Å². The second kappa shape index (κ2) is 10.8. The van der Waals surface area contributed by atoms with Crippen LogP contribution in [0.1, 0.15) is 44.0 Å². The number of aromatic nitrogens is 3. The van der Waals surface area contributed by atoms with Crippen molar-refractivity contribution >= 4 is 54.2 Å². The third-order valence-electron chi connectivity index (χ3n) is 7.36. The first kappa shape index (κ1) is 26.9. The summed E-state index contributed by atoms with van der Waals surface area (Å²) in [4.78, 5) is 11.7. The summed E-state index contributed by atoms with van der Waals surface area (Å²) in [5.74, 6) is 1.47. The summed E-state index contributed by atoms with van der Waals surface area (Å²) >= 11 is 0. The predicted octanol–water partition coefficient (Wildman–Crippen LogP) is 5.40. The van der Waals surface area contributed by atoms with Crippen molar-refractivity contribution in [3.05, 3.63) is 66.0 Å². The average molecular weight is 545 g/mol. The molecule has 0 spiro atoms. The smallest absolute Gasteiger partial charge is 0.238 e. The van der Waals surface area contributed by atoms with Crippen LogP contribution in [-0.4, -0.2) is 37.0 Å². The lowest BCUT2D eigenvalue weighted by Gasteiger charge is -2.18. The zero-order valence-electron chi connectivity index (χ0n) is 22.8. The highest BCUT2D eigenvalue weighted by Gasteiger charge is 2.20. The number of nitrogens with two attached hydrogens (primary N) is 2. The Morgan fingerprint density at radius 1 is 0.872 bits per heavy atom. The Kier molecular flexibility index (Phi) is 7.46. The first-order valence-electron chi connectivity index (χ1n) is 13.5. The van der Waals surface area contributed by atoms with Gasteiger partial charge in [0.15, 0.2) is 5.82 Å². The number of nitrogens with zero attached hydrogens (tertiary/aromatic N) is 4. The molecule has 2 heterocycles. The number of benzene rings is 3. The fourth-order valence-corrected chi connectivity index (χ4v) is 6.56. The summed E-state index contributed by atoms with van der Waals surface area (Å²) in [5.41, 5.74) is 10.7. The number of rotatable bonds is 10. The van der Waals surface area contributed by atoms with Crippen LogP contribution in [0.15, 0.2) is 59.5 Å². The quantitative estimate of drug-likeness (QED) is 0.227. The van der Waals surface area contributed by atoms with Crippen LogP contribution in [0.2, 0.25) is 0 Å². The van der Waals surface area contributed by atoms with E-state index in [4.69, 9.17) is 15.9 Å². The van der Waals surface area contributed by atoms with Crippen LogP contribution in [0, 0.1) is 0 Å². The van der Waals surface area contributed by atoms with Gasteiger partial charge in [-0.25, -0.2) is 23.5 Å². The van der Waals surface area contributed by atoms with Crippen molar-refractivity contribution in [2.24, 2.45) is 5.14 Å². The normalized spacial score (nSPS) is 12.1. The topological polar surface area (TPSA) is 120 Å². The summed E-state index contributed by atoms with van der Waals surface area (Å²) in [6.07, 6.45) is 5.24. The van der Waals surface area contributed by atoms with Gasteiger partial charge in [-0.05, 0) is 43.4 Å². The van der Waals surface area contributed by atoms with E-state index in [0.29, 0.717) is 17.6 Å². The molecule has 3 aromatic carbocycles. The molecular weight excluding hydrogens is 508 g/mol. The number of hydrogen-bond donors (Lipinski definition) is 2. The Bertz CT molecular complexity index is 1780. The van der Waals surface area contributed by atoms with Crippen molar-refractivity contribution in [2.45, 2.75) is 56.9 Å². The van der Waals surface area contributed by atoms with Gasteiger partial charge in [0.05, 0.1) is 15.9 Å². The fourth-order valence-electron chi connectivity index (χ4n) is 5.54. The monoisotopic (exact) mass is 544 g/mol. The molecule has 0 saturated heterocycles. The molecule has 0 atom stereocenters. The molecule has 5 rings (SSSR count). The molecule has 39 heavy (non-hydrogen) atoms. The molecule has 5 aromatic rings. The second-order valence-electron chi connectivity index (χ2n) is 10.3. The summed E-state index contributed by atoms with van der Waals surface area (Å²) in [6.45, 7) is 2.93. The van der Waals surface area contributed by atoms with Crippen LogP contribution in [-0.2, 0) is 29.4 Å². The van der Waals surface area contributed by atoms with Gasteiger partial charge in [0.2, 0.25) is 10.0 Å². The van der Waals surface area contributed by atoms with Crippen molar-refractivity contribution in [3.63, 3.8) is 0 Å². The van der Waals surface area contributed by atoms with Gasteiger partial charge < -0.3 is 15.2 Å². The Balaban J connectivity index is 1.46. The van der Waals surface area contributed by atoms with Crippen molar-refractivity contribution in [1.82, 2.24) is 14.5 Å². The summed E-state index contributed by atoms with van der Waals surface area (Å²) in [7, 11) is -0.0219. The molecule has 0 aliphatic carbocycles. The number of pyridine rings is 1. The van der Waals surface area contributed by atoms with Gasteiger partial charge in [-0.15, -0.1) is 0 Å². The number of sulfonamides is 1. The number of para-hydroxylation sites is 1. The van der Waals surface area contributed by atoms with Crippen molar-refractivity contribution in [3.8, 4) is 0 Å². The summed E-state index contributed by atoms with van der Waals surface area (Å²) in [6, 6.07) is 17.6. The molecule has 0 aliphatic rings. The van der Waals surface area contributed by atoms with Crippen LogP contribution in [0.3, 0.4) is 0 Å². The first-order valence-corrected chi connectivity index (χ1v) is 15.0. The van der Waals surface area contributed by atoms with Crippen LogP contribution >= 0.6 is 0 Å². The zero-order chi connectivity index (χ0) is 27.7. The minimum absolute atomic E-state index is 0.227. The fraction of sp³-hybridized carbons (Fsp3) is 0.333. The van der Waals surface area contributed by atoms with Gasteiger partial charge in [-0.2, -0.15) is 0 Å². The van der Waals surface area contributed by atoms with Crippen molar-refractivity contribution in [2.75, 3.05) is 24.7 Å². The van der Waals surface area contributed by atoms with E-state index in [1.807, 2.05) is 67.5 Å². The Morgan fingerprint density at radius 3 is 2.38 bits per heavy atom. The molecule has 0 saturated carbocycles. The van der Waals surface area contributed by atoms with Gasteiger partial charge in [0, 0.05) is 48.9 Å². The SMILES string of the molecule is CCCCc1nc2c(N)nc3ccccc3c2n1CCCCc1ccc2c(N(C)C)cccc2c1S(N)(=O)=O. The summed E-state index contributed by atoms with van der Waals surface area (Å²) in [5, 5.41) is 8.34. The largest absolute Gasteiger partial charge is 0.382 e. The maximum absolute atomic E-state index is 12.8. The van der Waals surface area contributed by atoms with E-state index in [1.165, 1.54) is 0 Å². The van der Waals surface area contributed by atoms with Crippen LogP contribution in [0.25, 0.3) is 32.7 Å². The maximum Gasteiger partial charge on any atom is 0.238 e. The minimum atomic E-state index is -3.91. The summed E-state index contributed by atoms with van der Waals surface area (Å²) < 4.78 is 27.8. The van der Waals surface area contributed by atoms with Gasteiger partial charge in [-0.3, -0.25) is 0 Å². The van der Waals surface area contributed by atoms with Gasteiger partial charge in [-0.1, -0.05) is 55.8 Å². The molecule has 4 N–H and O–H groups in total. The molecule has 0 unspecified atom stereocenters. The number of imidazole rings is 1. The number of unbranched alkanes of at least 4 members (excludes halogenated alkanes) is 2.